The zero-order valence-corrected chi connectivity index (χ0v) is 9.03. The molecule has 5 heteroatoms. The second-order valence-electron chi connectivity index (χ2n) is 3.19. The lowest BCUT2D eigenvalue weighted by Gasteiger charge is -2.09. The van der Waals surface area contributed by atoms with Gasteiger partial charge in [-0.3, -0.25) is 9.59 Å². The molecule has 1 rings (SSSR count). The van der Waals surface area contributed by atoms with Crippen molar-refractivity contribution in [2.24, 2.45) is 5.73 Å². The van der Waals surface area contributed by atoms with Gasteiger partial charge in [-0.15, -0.1) is 0 Å². The molecule has 5 nitrogen and oxygen atoms in total. The summed E-state index contributed by atoms with van der Waals surface area (Å²) in [6, 6.07) is 6.71. The third-order valence-corrected chi connectivity index (χ3v) is 1.89. The summed E-state index contributed by atoms with van der Waals surface area (Å²) >= 11 is 0. The fraction of sp³-hybridized carbons (Fsp3) is 0.273. The van der Waals surface area contributed by atoms with Gasteiger partial charge in [-0.25, -0.2) is 0 Å². The number of para-hydroxylation sites is 1. The van der Waals surface area contributed by atoms with Gasteiger partial charge in [0.25, 0.3) is 5.91 Å². The zero-order valence-electron chi connectivity index (χ0n) is 9.03. The highest BCUT2D eigenvalue weighted by atomic mass is 16.5. The molecule has 0 heterocycles. The molecule has 0 unspecified atom stereocenters. The number of carbonyl (C=O) groups excluding carboxylic acids is 2. The van der Waals surface area contributed by atoms with Gasteiger partial charge in [0.05, 0.1) is 12.1 Å². The molecule has 86 valence electrons. The molecule has 0 saturated heterocycles. The molecule has 1 aromatic rings. The fourth-order valence-corrected chi connectivity index (χ4v) is 1.18. The zero-order chi connectivity index (χ0) is 12.0. The standard InChI is InChI=1S/C11H14N2O3/c1-8(14)13-6-7-16-10-5-3-2-4-9(10)11(12)15/h2-5H,6-7H2,1H3,(H2,12,15)(H,13,14). The number of hydrogen-bond acceptors (Lipinski definition) is 3. The van der Waals surface area contributed by atoms with Crippen molar-refractivity contribution in [2.75, 3.05) is 13.2 Å². The summed E-state index contributed by atoms with van der Waals surface area (Å²) < 4.78 is 5.33. The van der Waals surface area contributed by atoms with E-state index in [2.05, 4.69) is 5.32 Å². The van der Waals surface area contributed by atoms with Crippen LogP contribution in [-0.2, 0) is 4.79 Å². The number of carbonyl (C=O) groups is 2. The van der Waals surface area contributed by atoms with Crippen LogP contribution >= 0.6 is 0 Å². The summed E-state index contributed by atoms with van der Waals surface area (Å²) in [5.41, 5.74) is 5.52. The Labute approximate surface area is 93.6 Å². The minimum absolute atomic E-state index is 0.119. The molecular formula is C11H14N2O3. The summed E-state index contributed by atoms with van der Waals surface area (Å²) in [6.45, 7) is 2.11. The van der Waals surface area contributed by atoms with E-state index in [1.54, 1.807) is 24.3 Å². The number of nitrogens with two attached hydrogens (primary N) is 1. The van der Waals surface area contributed by atoms with Crippen molar-refractivity contribution in [2.45, 2.75) is 6.92 Å². The number of amides is 2. The van der Waals surface area contributed by atoms with E-state index in [-0.39, 0.29) is 5.91 Å². The van der Waals surface area contributed by atoms with Crippen LogP contribution in [-0.4, -0.2) is 25.0 Å². The Morgan fingerprint density at radius 2 is 2.06 bits per heavy atom. The van der Waals surface area contributed by atoms with Gasteiger partial charge < -0.3 is 15.8 Å². The molecule has 1 aromatic carbocycles. The largest absolute Gasteiger partial charge is 0.491 e. The van der Waals surface area contributed by atoms with E-state index in [4.69, 9.17) is 10.5 Å². The quantitative estimate of drug-likeness (QED) is 0.703. The molecule has 0 aliphatic carbocycles. The molecule has 0 aromatic heterocycles. The van der Waals surface area contributed by atoms with Crippen LogP contribution in [0.4, 0.5) is 0 Å². The number of ether oxygens (including phenoxy) is 1. The molecule has 0 bridgehead atoms. The van der Waals surface area contributed by atoms with Crippen molar-refractivity contribution >= 4 is 11.8 Å². The second-order valence-corrected chi connectivity index (χ2v) is 3.19. The minimum Gasteiger partial charge on any atom is -0.491 e. The Hall–Kier alpha value is -2.04. The van der Waals surface area contributed by atoms with E-state index in [1.807, 2.05) is 0 Å². The maximum Gasteiger partial charge on any atom is 0.252 e. The van der Waals surface area contributed by atoms with E-state index < -0.39 is 5.91 Å². The van der Waals surface area contributed by atoms with Crippen molar-refractivity contribution in [1.29, 1.82) is 0 Å². The highest BCUT2D eigenvalue weighted by Crippen LogP contribution is 2.16. The summed E-state index contributed by atoms with van der Waals surface area (Å²) in [4.78, 5) is 21.6. The van der Waals surface area contributed by atoms with Crippen molar-refractivity contribution in [3.8, 4) is 5.75 Å². The molecule has 0 radical (unpaired) electrons. The van der Waals surface area contributed by atoms with Crippen molar-refractivity contribution in [1.82, 2.24) is 5.32 Å². The van der Waals surface area contributed by atoms with E-state index >= 15 is 0 Å². The van der Waals surface area contributed by atoms with Crippen molar-refractivity contribution < 1.29 is 14.3 Å². The summed E-state index contributed by atoms with van der Waals surface area (Å²) in [7, 11) is 0. The molecule has 0 aliphatic rings. The predicted octanol–water partition coefficient (Wildman–Crippen LogP) is 0.300. The predicted molar refractivity (Wildman–Crippen MR) is 59.1 cm³/mol. The van der Waals surface area contributed by atoms with E-state index in [1.165, 1.54) is 6.92 Å². The van der Waals surface area contributed by atoms with Crippen LogP contribution in [0.15, 0.2) is 24.3 Å². The molecule has 0 atom stereocenters. The fourth-order valence-electron chi connectivity index (χ4n) is 1.18. The Kier molecular flexibility index (Phi) is 4.32. The summed E-state index contributed by atoms with van der Waals surface area (Å²) in [5, 5.41) is 2.58. The van der Waals surface area contributed by atoms with Crippen LogP contribution in [0, 0.1) is 0 Å². The molecule has 0 saturated carbocycles. The van der Waals surface area contributed by atoms with Crippen LogP contribution in [0.2, 0.25) is 0 Å². The molecule has 0 fully saturated rings. The molecule has 16 heavy (non-hydrogen) atoms. The van der Waals surface area contributed by atoms with Gasteiger partial charge in [0.1, 0.15) is 12.4 Å². The lowest BCUT2D eigenvalue weighted by Crippen LogP contribution is -2.25. The first-order chi connectivity index (χ1) is 7.61. The average Bonchev–Trinajstić information content (AvgIpc) is 2.24. The number of benzene rings is 1. The van der Waals surface area contributed by atoms with E-state index in [0.29, 0.717) is 24.5 Å². The second kappa shape index (κ2) is 5.75. The van der Waals surface area contributed by atoms with Gasteiger partial charge in [-0.2, -0.15) is 0 Å². The van der Waals surface area contributed by atoms with Gasteiger partial charge in [-0.1, -0.05) is 12.1 Å². The first-order valence-electron chi connectivity index (χ1n) is 4.87. The van der Waals surface area contributed by atoms with Gasteiger partial charge in [-0.05, 0) is 12.1 Å². The Bertz CT molecular complexity index is 391. The van der Waals surface area contributed by atoms with Gasteiger partial charge in [0, 0.05) is 6.92 Å². The maximum absolute atomic E-state index is 11.0. The van der Waals surface area contributed by atoms with Crippen LogP contribution in [0.3, 0.4) is 0 Å². The third-order valence-electron chi connectivity index (χ3n) is 1.89. The normalized spacial score (nSPS) is 9.56. The van der Waals surface area contributed by atoms with Gasteiger partial charge in [0.2, 0.25) is 5.91 Å². The smallest absolute Gasteiger partial charge is 0.252 e. The Morgan fingerprint density at radius 1 is 1.38 bits per heavy atom. The topological polar surface area (TPSA) is 81.4 Å². The number of rotatable bonds is 5. The third kappa shape index (κ3) is 3.61. The van der Waals surface area contributed by atoms with Gasteiger partial charge >= 0.3 is 0 Å². The van der Waals surface area contributed by atoms with Crippen LogP contribution in [0.25, 0.3) is 0 Å². The van der Waals surface area contributed by atoms with E-state index in [0.717, 1.165) is 0 Å². The molecular weight excluding hydrogens is 208 g/mol. The lowest BCUT2D eigenvalue weighted by molar-refractivity contribution is -0.119. The first-order valence-corrected chi connectivity index (χ1v) is 4.87. The van der Waals surface area contributed by atoms with Gasteiger partial charge in [0.15, 0.2) is 0 Å². The molecule has 0 spiro atoms. The maximum atomic E-state index is 11.0. The molecule has 0 aliphatic heterocycles. The molecule has 2 amide bonds. The first kappa shape index (κ1) is 12.0. The summed E-state index contributed by atoms with van der Waals surface area (Å²) in [5.74, 6) is -0.220. The van der Waals surface area contributed by atoms with Crippen molar-refractivity contribution in [3.05, 3.63) is 29.8 Å². The summed E-state index contributed by atoms with van der Waals surface area (Å²) in [6.07, 6.45) is 0. The van der Waals surface area contributed by atoms with Crippen molar-refractivity contribution in [3.63, 3.8) is 0 Å². The average molecular weight is 222 g/mol. The molecule has 3 N–H and O–H groups in total. The Balaban J connectivity index is 2.53. The number of nitrogens with one attached hydrogen (secondary N) is 1. The minimum atomic E-state index is -0.532. The Morgan fingerprint density at radius 3 is 2.69 bits per heavy atom. The lowest BCUT2D eigenvalue weighted by atomic mass is 10.2. The number of primary amides is 1. The highest BCUT2D eigenvalue weighted by molar-refractivity contribution is 5.95. The number of hydrogen-bond donors (Lipinski definition) is 2. The monoisotopic (exact) mass is 222 g/mol. The van der Waals surface area contributed by atoms with Crippen LogP contribution < -0.4 is 15.8 Å². The van der Waals surface area contributed by atoms with Crippen LogP contribution in [0.1, 0.15) is 17.3 Å². The highest BCUT2D eigenvalue weighted by Gasteiger charge is 2.07. The SMILES string of the molecule is CC(=O)NCCOc1ccccc1C(N)=O. The van der Waals surface area contributed by atoms with Crippen LogP contribution in [0.5, 0.6) is 5.75 Å². The van der Waals surface area contributed by atoms with E-state index in [9.17, 15) is 9.59 Å².